The maximum absolute atomic E-state index is 13.4. The van der Waals surface area contributed by atoms with Crippen LogP contribution in [0.2, 0.25) is 0 Å². The van der Waals surface area contributed by atoms with E-state index in [1.165, 1.54) is 17.0 Å². The number of aryl methyl sites for hydroxylation is 1. The molecule has 1 unspecified atom stereocenters. The number of carbonyl (C=O) groups is 2. The van der Waals surface area contributed by atoms with Gasteiger partial charge in [-0.2, -0.15) is 0 Å². The fourth-order valence-electron chi connectivity index (χ4n) is 4.21. The number of furan rings is 1. The van der Waals surface area contributed by atoms with Gasteiger partial charge in [0.05, 0.1) is 12.7 Å². The van der Waals surface area contributed by atoms with Gasteiger partial charge >= 0.3 is 0 Å². The lowest BCUT2D eigenvalue weighted by molar-refractivity contribution is -0.140. The van der Waals surface area contributed by atoms with Gasteiger partial charge in [-0.25, -0.2) is 4.39 Å². The number of halogens is 1. The molecule has 1 N–H and O–H groups in total. The van der Waals surface area contributed by atoms with E-state index >= 15 is 0 Å². The van der Waals surface area contributed by atoms with E-state index in [4.69, 9.17) is 9.15 Å². The molecule has 1 atom stereocenters. The molecule has 7 heteroatoms. The van der Waals surface area contributed by atoms with Crippen LogP contribution in [0.5, 0.6) is 5.75 Å². The molecular weight excluding hydrogens is 437 g/mol. The lowest BCUT2D eigenvalue weighted by atomic mass is 9.95. The molecule has 1 saturated heterocycles. The van der Waals surface area contributed by atoms with Crippen LogP contribution in [-0.2, 0) is 16.1 Å². The Morgan fingerprint density at radius 1 is 1.12 bits per heavy atom. The molecule has 176 valence electrons. The second kappa shape index (κ2) is 9.17. The quantitative estimate of drug-likeness (QED) is 0.297. The maximum Gasteiger partial charge on any atom is 0.296 e. The van der Waals surface area contributed by atoms with E-state index in [0.29, 0.717) is 28.4 Å². The number of ether oxygens (including phenoxy) is 1. The predicted octanol–water partition coefficient (Wildman–Crippen LogP) is 5.48. The summed E-state index contributed by atoms with van der Waals surface area (Å²) in [7, 11) is 1.57. The van der Waals surface area contributed by atoms with Gasteiger partial charge in [-0.1, -0.05) is 26.0 Å². The Bertz CT molecular complexity index is 1270. The number of ketones is 1. The number of likely N-dealkylation sites (tertiary alicyclic amines) is 1. The molecule has 0 bridgehead atoms. The van der Waals surface area contributed by atoms with Crippen molar-refractivity contribution in [2.24, 2.45) is 0 Å². The number of hydrogen-bond donors (Lipinski definition) is 1. The Morgan fingerprint density at radius 2 is 1.82 bits per heavy atom. The standard InChI is InChI=1S/C27H26FNO5/c1-15(2)20-13-18(8-12-21(20)33-4)25(30)23-24(22-11-5-16(3)34-22)29(27(32)26(23)31)14-17-6-9-19(28)10-7-17/h5-13,15,24,30H,14H2,1-4H3/b25-23-. The van der Waals surface area contributed by atoms with Gasteiger partial charge in [0.2, 0.25) is 0 Å². The van der Waals surface area contributed by atoms with Crippen LogP contribution in [0.4, 0.5) is 4.39 Å². The van der Waals surface area contributed by atoms with Gasteiger partial charge in [-0.05, 0) is 66.4 Å². The van der Waals surface area contributed by atoms with E-state index in [9.17, 15) is 19.1 Å². The summed E-state index contributed by atoms with van der Waals surface area (Å²) in [5, 5.41) is 11.3. The van der Waals surface area contributed by atoms with Gasteiger partial charge in [-0.3, -0.25) is 9.59 Å². The molecule has 3 aromatic rings. The van der Waals surface area contributed by atoms with Gasteiger partial charge in [0.1, 0.15) is 34.9 Å². The lowest BCUT2D eigenvalue weighted by Crippen LogP contribution is -2.29. The van der Waals surface area contributed by atoms with E-state index < -0.39 is 23.5 Å². The Labute approximate surface area is 197 Å². The number of hydrogen-bond acceptors (Lipinski definition) is 5. The first-order valence-electron chi connectivity index (χ1n) is 11.0. The maximum atomic E-state index is 13.4. The van der Waals surface area contributed by atoms with Crippen molar-refractivity contribution < 1.29 is 28.2 Å². The van der Waals surface area contributed by atoms with Crippen LogP contribution in [0.3, 0.4) is 0 Å². The van der Waals surface area contributed by atoms with Crippen LogP contribution in [0.15, 0.2) is 64.6 Å². The normalized spacial score (nSPS) is 17.6. The molecule has 1 fully saturated rings. The average Bonchev–Trinajstić information content (AvgIpc) is 3.35. The molecule has 1 amide bonds. The molecule has 0 aliphatic carbocycles. The highest BCUT2D eigenvalue weighted by atomic mass is 19.1. The van der Waals surface area contributed by atoms with Crippen LogP contribution in [0.25, 0.3) is 5.76 Å². The molecule has 34 heavy (non-hydrogen) atoms. The summed E-state index contributed by atoms with van der Waals surface area (Å²) in [6.07, 6.45) is 0. The number of methoxy groups -OCH3 is 1. The van der Waals surface area contributed by atoms with Crippen LogP contribution < -0.4 is 4.74 Å². The summed E-state index contributed by atoms with van der Waals surface area (Å²) in [5.74, 6) is -0.517. The smallest absolute Gasteiger partial charge is 0.296 e. The molecule has 2 aromatic carbocycles. The number of amides is 1. The van der Waals surface area contributed by atoms with Gasteiger partial charge in [0.15, 0.2) is 0 Å². The Kier molecular flexibility index (Phi) is 6.28. The third-order valence-electron chi connectivity index (χ3n) is 5.96. The van der Waals surface area contributed by atoms with E-state index in [2.05, 4.69) is 0 Å². The highest BCUT2D eigenvalue weighted by Gasteiger charge is 2.47. The number of aliphatic hydroxyl groups excluding tert-OH is 1. The van der Waals surface area contributed by atoms with Crippen molar-refractivity contribution in [1.82, 2.24) is 4.90 Å². The van der Waals surface area contributed by atoms with Gasteiger partial charge in [-0.15, -0.1) is 0 Å². The van der Waals surface area contributed by atoms with Crippen molar-refractivity contribution in [3.63, 3.8) is 0 Å². The largest absolute Gasteiger partial charge is 0.507 e. The number of benzene rings is 2. The summed E-state index contributed by atoms with van der Waals surface area (Å²) in [6.45, 7) is 5.80. The topological polar surface area (TPSA) is 80.0 Å². The molecule has 0 saturated carbocycles. The monoisotopic (exact) mass is 463 g/mol. The molecular formula is C27H26FNO5. The van der Waals surface area contributed by atoms with Crippen LogP contribution >= 0.6 is 0 Å². The number of carbonyl (C=O) groups excluding carboxylic acids is 2. The first-order valence-corrected chi connectivity index (χ1v) is 11.0. The minimum atomic E-state index is -0.927. The van der Waals surface area contributed by atoms with Crippen LogP contribution in [0, 0.1) is 12.7 Å². The number of aliphatic hydroxyl groups is 1. The first kappa shape index (κ1) is 23.3. The first-order chi connectivity index (χ1) is 16.2. The molecule has 4 rings (SSSR count). The molecule has 0 spiro atoms. The second-order valence-electron chi connectivity index (χ2n) is 8.61. The van der Waals surface area contributed by atoms with Crippen molar-refractivity contribution in [3.8, 4) is 5.75 Å². The highest BCUT2D eigenvalue weighted by molar-refractivity contribution is 6.46. The summed E-state index contributed by atoms with van der Waals surface area (Å²) < 4.78 is 24.6. The Hall–Kier alpha value is -3.87. The Morgan fingerprint density at radius 3 is 2.41 bits per heavy atom. The van der Waals surface area contributed by atoms with Crippen molar-refractivity contribution in [2.45, 2.75) is 39.3 Å². The summed E-state index contributed by atoms with van der Waals surface area (Å²) in [5.41, 5.74) is 1.85. The number of nitrogens with zero attached hydrogens (tertiary/aromatic N) is 1. The minimum Gasteiger partial charge on any atom is -0.507 e. The fourth-order valence-corrected chi connectivity index (χ4v) is 4.21. The van der Waals surface area contributed by atoms with Crippen molar-refractivity contribution in [3.05, 3.63) is 94.2 Å². The Balaban J connectivity index is 1.85. The molecule has 1 aliphatic rings. The zero-order valence-corrected chi connectivity index (χ0v) is 19.5. The number of rotatable bonds is 6. The third-order valence-corrected chi connectivity index (χ3v) is 5.96. The van der Waals surface area contributed by atoms with Crippen molar-refractivity contribution >= 4 is 17.4 Å². The zero-order valence-electron chi connectivity index (χ0n) is 19.5. The molecule has 6 nitrogen and oxygen atoms in total. The van der Waals surface area contributed by atoms with Crippen molar-refractivity contribution in [1.29, 1.82) is 0 Å². The fraction of sp³-hybridized carbons (Fsp3) is 0.259. The summed E-state index contributed by atoms with van der Waals surface area (Å²) in [4.78, 5) is 27.6. The molecule has 2 heterocycles. The highest BCUT2D eigenvalue weighted by Crippen LogP contribution is 2.41. The van der Waals surface area contributed by atoms with E-state index in [1.54, 1.807) is 56.5 Å². The SMILES string of the molecule is COc1ccc(/C(O)=C2/C(=O)C(=O)N(Cc3ccc(F)cc3)C2c2ccc(C)o2)cc1C(C)C. The average molecular weight is 464 g/mol. The molecule has 0 radical (unpaired) electrons. The van der Waals surface area contributed by atoms with Gasteiger partial charge in [0.25, 0.3) is 11.7 Å². The molecule has 1 aliphatic heterocycles. The van der Waals surface area contributed by atoms with Crippen LogP contribution in [0.1, 0.15) is 54.0 Å². The minimum absolute atomic E-state index is 0.0475. The zero-order chi connectivity index (χ0) is 24.6. The van der Waals surface area contributed by atoms with E-state index in [0.717, 1.165) is 5.56 Å². The summed E-state index contributed by atoms with van der Waals surface area (Å²) in [6, 6.07) is 13.3. The van der Waals surface area contributed by atoms with Crippen molar-refractivity contribution in [2.75, 3.05) is 7.11 Å². The van der Waals surface area contributed by atoms with E-state index in [1.807, 2.05) is 13.8 Å². The van der Waals surface area contributed by atoms with Gasteiger partial charge < -0.3 is 19.2 Å². The van der Waals surface area contributed by atoms with Crippen LogP contribution in [-0.4, -0.2) is 28.8 Å². The second-order valence-corrected chi connectivity index (χ2v) is 8.61. The predicted molar refractivity (Wildman–Crippen MR) is 125 cm³/mol. The molecule has 1 aromatic heterocycles. The van der Waals surface area contributed by atoms with E-state index in [-0.39, 0.29) is 23.8 Å². The lowest BCUT2D eigenvalue weighted by Gasteiger charge is -2.23. The van der Waals surface area contributed by atoms with Gasteiger partial charge in [0, 0.05) is 12.1 Å². The number of Topliss-reactive ketones (excluding diaryl/α,β-unsaturated/α-hetero) is 1. The summed E-state index contributed by atoms with van der Waals surface area (Å²) >= 11 is 0. The third kappa shape index (κ3) is 4.21.